The van der Waals surface area contributed by atoms with Gasteiger partial charge in [0.2, 0.25) is 0 Å². The molecular formula is C14H20FNO. The molecule has 0 saturated carbocycles. The average Bonchev–Trinajstić information content (AvgIpc) is 2.81. The molecule has 0 amide bonds. The molecule has 1 heterocycles. The minimum atomic E-state index is -0.711. The molecule has 2 unspecified atom stereocenters. The van der Waals surface area contributed by atoms with Crippen molar-refractivity contribution in [1.82, 2.24) is 4.90 Å². The van der Waals surface area contributed by atoms with Crippen LogP contribution in [0.1, 0.15) is 31.4 Å². The molecule has 0 aromatic heterocycles. The summed E-state index contributed by atoms with van der Waals surface area (Å²) in [5.41, 5.74) is 0.416. The van der Waals surface area contributed by atoms with E-state index in [9.17, 15) is 9.50 Å². The van der Waals surface area contributed by atoms with Crippen molar-refractivity contribution in [3.8, 4) is 0 Å². The molecule has 0 radical (unpaired) electrons. The number of aliphatic hydroxyl groups is 1. The first-order valence-electron chi connectivity index (χ1n) is 6.33. The lowest BCUT2D eigenvalue weighted by atomic mass is 9.96. The predicted molar refractivity (Wildman–Crippen MR) is 66.2 cm³/mol. The summed E-state index contributed by atoms with van der Waals surface area (Å²) in [5, 5.41) is 10.2. The second kappa shape index (κ2) is 5.61. The number of aliphatic hydroxyl groups excluding tert-OH is 1. The number of nitrogens with zero attached hydrogens (tertiary/aromatic N) is 1. The summed E-state index contributed by atoms with van der Waals surface area (Å²) in [6, 6.07) is 6.49. The van der Waals surface area contributed by atoms with E-state index in [0.29, 0.717) is 5.56 Å². The Morgan fingerprint density at radius 1 is 1.29 bits per heavy atom. The van der Waals surface area contributed by atoms with Gasteiger partial charge in [0.1, 0.15) is 5.82 Å². The molecule has 1 N–H and O–H groups in total. The highest BCUT2D eigenvalue weighted by molar-refractivity contribution is 5.20. The summed E-state index contributed by atoms with van der Waals surface area (Å²) in [6.45, 7) is 5.04. The average molecular weight is 237 g/mol. The standard InChI is InChI=1S/C14H20FNO/c1-11(10-16-8-4-5-9-16)14(17)12-6-2-3-7-13(12)15/h2-3,6-7,11,14,17H,4-5,8-10H2,1H3. The van der Waals surface area contributed by atoms with Gasteiger partial charge in [-0.3, -0.25) is 0 Å². The van der Waals surface area contributed by atoms with E-state index < -0.39 is 6.10 Å². The van der Waals surface area contributed by atoms with E-state index in [1.807, 2.05) is 6.92 Å². The SMILES string of the molecule is CC(CN1CCCC1)C(O)c1ccccc1F. The maximum absolute atomic E-state index is 13.5. The van der Waals surface area contributed by atoms with Crippen molar-refractivity contribution in [1.29, 1.82) is 0 Å². The molecule has 2 rings (SSSR count). The Bertz CT molecular complexity index is 363. The van der Waals surface area contributed by atoms with Gasteiger partial charge in [0, 0.05) is 12.1 Å². The van der Waals surface area contributed by atoms with Gasteiger partial charge in [0.25, 0.3) is 0 Å². The Kier molecular flexibility index (Phi) is 4.13. The molecule has 1 aromatic rings. The Labute approximate surface area is 102 Å². The van der Waals surface area contributed by atoms with Crippen LogP contribution < -0.4 is 0 Å². The minimum Gasteiger partial charge on any atom is -0.388 e. The van der Waals surface area contributed by atoms with Gasteiger partial charge in [-0.15, -0.1) is 0 Å². The first kappa shape index (κ1) is 12.5. The van der Waals surface area contributed by atoms with Crippen molar-refractivity contribution in [2.24, 2.45) is 5.92 Å². The summed E-state index contributed by atoms with van der Waals surface area (Å²) in [6.07, 6.45) is 1.77. The van der Waals surface area contributed by atoms with Gasteiger partial charge in [0.05, 0.1) is 6.10 Å². The van der Waals surface area contributed by atoms with Gasteiger partial charge < -0.3 is 10.0 Å². The molecule has 3 heteroatoms. The topological polar surface area (TPSA) is 23.5 Å². The van der Waals surface area contributed by atoms with E-state index in [-0.39, 0.29) is 11.7 Å². The van der Waals surface area contributed by atoms with Crippen molar-refractivity contribution in [3.05, 3.63) is 35.6 Å². The van der Waals surface area contributed by atoms with Crippen LogP contribution in [0.15, 0.2) is 24.3 Å². The van der Waals surface area contributed by atoms with Crippen LogP contribution in [0, 0.1) is 11.7 Å². The molecule has 2 atom stereocenters. The van der Waals surface area contributed by atoms with Crippen LogP contribution in [-0.2, 0) is 0 Å². The number of rotatable bonds is 4. The van der Waals surface area contributed by atoms with Gasteiger partial charge in [-0.1, -0.05) is 25.1 Å². The molecule has 0 spiro atoms. The zero-order chi connectivity index (χ0) is 12.3. The summed E-state index contributed by atoms with van der Waals surface area (Å²) in [4.78, 5) is 2.34. The molecular weight excluding hydrogens is 217 g/mol. The molecule has 94 valence electrons. The Hall–Kier alpha value is -0.930. The van der Waals surface area contributed by atoms with Crippen LogP contribution >= 0.6 is 0 Å². The van der Waals surface area contributed by atoms with E-state index in [0.717, 1.165) is 19.6 Å². The van der Waals surface area contributed by atoms with Crippen LogP contribution in [0.5, 0.6) is 0 Å². The third kappa shape index (κ3) is 3.05. The van der Waals surface area contributed by atoms with Gasteiger partial charge in [0.15, 0.2) is 0 Å². The van der Waals surface area contributed by atoms with Gasteiger partial charge in [-0.25, -0.2) is 4.39 Å². The van der Waals surface area contributed by atoms with E-state index in [1.54, 1.807) is 18.2 Å². The Balaban J connectivity index is 1.98. The first-order chi connectivity index (χ1) is 8.18. The fourth-order valence-electron chi connectivity index (χ4n) is 2.49. The quantitative estimate of drug-likeness (QED) is 0.870. The second-order valence-electron chi connectivity index (χ2n) is 4.95. The molecule has 0 bridgehead atoms. The molecule has 1 aromatic carbocycles. The number of hydrogen-bond acceptors (Lipinski definition) is 2. The number of benzene rings is 1. The fourth-order valence-corrected chi connectivity index (χ4v) is 2.49. The molecule has 17 heavy (non-hydrogen) atoms. The van der Waals surface area contributed by atoms with Crippen LogP contribution in [0.25, 0.3) is 0 Å². The second-order valence-corrected chi connectivity index (χ2v) is 4.95. The zero-order valence-corrected chi connectivity index (χ0v) is 10.3. The summed E-state index contributed by atoms with van der Waals surface area (Å²) in [7, 11) is 0. The molecule has 1 aliphatic rings. The van der Waals surface area contributed by atoms with E-state index >= 15 is 0 Å². The predicted octanol–water partition coefficient (Wildman–Crippen LogP) is 2.59. The van der Waals surface area contributed by atoms with Crippen molar-refractivity contribution in [2.75, 3.05) is 19.6 Å². The smallest absolute Gasteiger partial charge is 0.129 e. The lowest BCUT2D eigenvalue weighted by Crippen LogP contribution is -2.28. The number of halogens is 1. The van der Waals surface area contributed by atoms with E-state index in [1.165, 1.54) is 18.9 Å². The zero-order valence-electron chi connectivity index (χ0n) is 10.3. The molecule has 2 nitrogen and oxygen atoms in total. The Morgan fingerprint density at radius 3 is 2.59 bits per heavy atom. The van der Waals surface area contributed by atoms with E-state index in [4.69, 9.17) is 0 Å². The highest BCUT2D eigenvalue weighted by Gasteiger charge is 2.22. The van der Waals surface area contributed by atoms with Crippen LogP contribution in [0.3, 0.4) is 0 Å². The Morgan fingerprint density at radius 2 is 1.94 bits per heavy atom. The van der Waals surface area contributed by atoms with Gasteiger partial charge in [-0.2, -0.15) is 0 Å². The largest absolute Gasteiger partial charge is 0.388 e. The molecule has 1 aliphatic heterocycles. The maximum Gasteiger partial charge on any atom is 0.129 e. The van der Waals surface area contributed by atoms with Gasteiger partial charge in [-0.05, 0) is 37.9 Å². The van der Waals surface area contributed by atoms with Crippen LogP contribution in [0.2, 0.25) is 0 Å². The molecule has 0 aliphatic carbocycles. The maximum atomic E-state index is 13.5. The lowest BCUT2D eigenvalue weighted by Gasteiger charge is -2.24. The van der Waals surface area contributed by atoms with Crippen LogP contribution in [-0.4, -0.2) is 29.6 Å². The fraction of sp³-hybridized carbons (Fsp3) is 0.571. The van der Waals surface area contributed by atoms with Crippen LogP contribution in [0.4, 0.5) is 4.39 Å². The minimum absolute atomic E-state index is 0.0602. The summed E-state index contributed by atoms with van der Waals surface area (Å²) in [5.74, 6) is -0.252. The highest BCUT2D eigenvalue weighted by atomic mass is 19.1. The summed E-state index contributed by atoms with van der Waals surface area (Å²) < 4.78 is 13.5. The normalized spacial score (nSPS) is 20.4. The summed E-state index contributed by atoms with van der Waals surface area (Å²) >= 11 is 0. The highest BCUT2D eigenvalue weighted by Crippen LogP contribution is 2.25. The van der Waals surface area contributed by atoms with Gasteiger partial charge >= 0.3 is 0 Å². The number of likely N-dealkylation sites (tertiary alicyclic amines) is 1. The number of hydrogen-bond donors (Lipinski definition) is 1. The van der Waals surface area contributed by atoms with Crippen molar-refractivity contribution >= 4 is 0 Å². The van der Waals surface area contributed by atoms with Crippen molar-refractivity contribution in [2.45, 2.75) is 25.9 Å². The molecule has 1 fully saturated rings. The lowest BCUT2D eigenvalue weighted by molar-refractivity contribution is 0.0914. The first-order valence-corrected chi connectivity index (χ1v) is 6.33. The van der Waals surface area contributed by atoms with Crippen molar-refractivity contribution in [3.63, 3.8) is 0 Å². The molecule has 1 saturated heterocycles. The third-order valence-electron chi connectivity index (χ3n) is 3.51. The van der Waals surface area contributed by atoms with Crippen molar-refractivity contribution < 1.29 is 9.50 Å². The van der Waals surface area contributed by atoms with E-state index in [2.05, 4.69) is 4.90 Å². The third-order valence-corrected chi connectivity index (χ3v) is 3.51. The monoisotopic (exact) mass is 237 g/mol.